The molecule has 2 heterocycles. The summed E-state index contributed by atoms with van der Waals surface area (Å²) >= 11 is 0. The number of nitrogens with zero attached hydrogens (tertiary/aromatic N) is 3. The van der Waals surface area contributed by atoms with E-state index in [1.807, 2.05) is 54.6 Å². The number of hydrogen-bond acceptors (Lipinski definition) is 5. The quantitative estimate of drug-likeness (QED) is 0.468. The molecule has 0 atom stereocenters. The molecular formula is C24H23N5. The lowest BCUT2D eigenvalue weighted by atomic mass is 10.1. The first kappa shape index (κ1) is 18.6. The molecule has 144 valence electrons. The molecule has 0 aliphatic heterocycles. The van der Waals surface area contributed by atoms with Gasteiger partial charge in [-0.25, -0.2) is 9.97 Å². The summed E-state index contributed by atoms with van der Waals surface area (Å²) in [4.78, 5) is 13.8. The Labute approximate surface area is 170 Å². The van der Waals surface area contributed by atoms with Crippen LogP contribution in [-0.4, -0.2) is 15.0 Å². The highest BCUT2D eigenvalue weighted by Gasteiger charge is 2.08. The fourth-order valence-corrected chi connectivity index (χ4v) is 3.02. The van der Waals surface area contributed by atoms with E-state index < -0.39 is 0 Å². The summed E-state index contributed by atoms with van der Waals surface area (Å²) in [6.45, 7) is 3.42. The summed E-state index contributed by atoms with van der Waals surface area (Å²) < 4.78 is 0. The molecular weight excluding hydrogens is 358 g/mol. The molecule has 29 heavy (non-hydrogen) atoms. The number of aromatic nitrogens is 3. The lowest BCUT2D eigenvalue weighted by Crippen LogP contribution is -2.08. The van der Waals surface area contributed by atoms with Crippen LogP contribution in [0.5, 0.6) is 0 Å². The number of aryl methyl sites for hydroxylation is 1. The van der Waals surface area contributed by atoms with E-state index in [0.29, 0.717) is 18.9 Å². The minimum absolute atomic E-state index is 0.601. The van der Waals surface area contributed by atoms with Crippen LogP contribution in [0.1, 0.15) is 16.8 Å². The third-order valence-electron chi connectivity index (χ3n) is 4.66. The molecule has 2 N–H and O–H groups in total. The van der Waals surface area contributed by atoms with Crippen molar-refractivity contribution in [3.8, 4) is 11.4 Å². The number of benzene rings is 2. The van der Waals surface area contributed by atoms with Crippen molar-refractivity contribution in [3.63, 3.8) is 0 Å². The molecule has 4 rings (SSSR count). The van der Waals surface area contributed by atoms with Crippen LogP contribution in [0.15, 0.2) is 85.1 Å². The Kier molecular flexibility index (Phi) is 5.76. The zero-order valence-corrected chi connectivity index (χ0v) is 16.3. The monoisotopic (exact) mass is 381 g/mol. The van der Waals surface area contributed by atoms with E-state index in [1.54, 1.807) is 6.20 Å². The van der Waals surface area contributed by atoms with Crippen LogP contribution in [0.4, 0.5) is 11.6 Å². The Morgan fingerprint density at radius 2 is 1.41 bits per heavy atom. The van der Waals surface area contributed by atoms with Gasteiger partial charge in [-0.2, -0.15) is 0 Å². The van der Waals surface area contributed by atoms with E-state index in [0.717, 1.165) is 22.9 Å². The van der Waals surface area contributed by atoms with Crippen LogP contribution in [-0.2, 0) is 13.1 Å². The number of pyridine rings is 1. The molecule has 0 bridgehead atoms. The minimum Gasteiger partial charge on any atom is -0.366 e. The van der Waals surface area contributed by atoms with Gasteiger partial charge in [0.25, 0.3) is 0 Å². The van der Waals surface area contributed by atoms with Crippen molar-refractivity contribution in [2.45, 2.75) is 20.0 Å². The molecule has 0 amide bonds. The second-order valence-electron chi connectivity index (χ2n) is 6.78. The van der Waals surface area contributed by atoms with Crippen LogP contribution in [0.2, 0.25) is 0 Å². The van der Waals surface area contributed by atoms with Crippen molar-refractivity contribution < 1.29 is 0 Å². The maximum Gasteiger partial charge on any atom is 0.163 e. The fraction of sp³-hybridized carbons (Fsp3) is 0.125. The van der Waals surface area contributed by atoms with Gasteiger partial charge in [-0.1, -0.05) is 60.7 Å². The zero-order valence-electron chi connectivity index (χ0n) is 16.3. The molecule has 2 aromatic heterocycles. The van der Waals surface area contributed by atoms with Gasteiger partial charge in [0, 0.05) is 24.4 Å². The van der Waals surface area contributed by atoms with Gasteiger partial charge in [0.05, 0.1) is 12.2 Å². The van der Waals surface area contributed by atoms with E-state index in [2.05, 4.69) is 46.8 Å². The lowest BCUT2D eigenvalue weighted by molar-refractivity contribution is 1.02. The normalized spacial score (nSPS) is 10.5. The van der Waals surface area contributed by atoms with Crippen LogP contribution in [0, 0.1) is 6.92 Å². The molecule has 0 aliphatic carbocycles. The van der Waals surface area contributed by atoms with Gasteiger partial charge in [0.2, 0.25) is 0 Å². The van der Waals surface area contributed by atoms with Gasteiger partial charge in [0.1, 0.15) is 11.6 Å². The van der Waals surface area contributed by atoms with E-state index >= 15 is 0 Å². The largest absolute Gasteiger partial charge is 0.366 e. The summed E-state index contributed by atoms with van der Waals surface area (Å²) in [7, 11) is 0. The first-order valence-corrected chi connectivity index (χ1v) is 9.64. The highest BCUT2D eigenvalue weighted by molar-refractivity contribution is 5.61. The predicted octanol–water partition coefficient (Wildman–Crippen LogP) is 5.07. The van der Waals surface area contributed by atoms with Crippen LogP contribution in [0.3, 0.4) is 0 Å². The molecule has 2 aromatic carbocycles. The Hall–Kier alpha value is -3.73. The van der Waals surface area contributed by atoms with Gasteiger partial charge in [-0.05, 0) is 30.2 Å². The van der Waals surface area contributed by atoms with Crippen molar-refractivity contribution in [1.82, 2.24) is 15.0 Å². The Bertz CT molecular complexity index is 1060. The van der Waals surface area contributed by atoms with Crippen molar-refractivity contribution in [2.24, 2.45) is 0 Å². The first-order chi connectivity index (χ1) is 14.3. The van der Waals surface area contributed by atoms with Gasteiger partial charge in [0.15, 0.2) is 5.82 Å². The molecule has 5 heteroatoms. The summed E-state index contributed by atoms with van der Waals surface area (Å²) in [6.07, 6.45) is 1.79. The molecule has 0 spiro atoms. The molecule has 0 saturated heterocycles. The van der Waals surface area contributed by atoms with Gasteiger partial charge in [-0.3, -0.25) is 4.98 Å². The first-order valence-electron chi connectivity index (χ1n) is 9.64. The smallest absolute Gasteiger partial charge is 0.163 e. The number of hydrogen-bond donors (Lipinski definition) is 2. The summed E-state index contributed by atoms with van der Waals surface area (Å²) in [6, 6.07) is 26.2. The van der Waals surface area contributed by atoms with Gasteiger partial charge < -0.3 is 10.6 Å². The third kappa shape index (κ3) is 4.96. The summed E-state index contributed by atoms with van der Waals surface area (Å²) in [5, 5.41) is 6.81. The topological polar surface area (TPSA) is 62.7 Å². The van der Waals surface area contributed by atoms with Crippen molar-refractivity contribution in [2.75, 3.05) is 10.6 Å². The minimum atomic E-state index is 0.601. The predicted molar refractivity (Wildman–Crippen MR) is 118 cm³/mol. The maximum absolute atomic E-state index is 4.73. The molecule has 0 fully saturated rings. The van der Waals surface area contributed by atoms with Crippen LogP contribution >= 0.6 is 0 Å². The maximum atomic E-state index is 4.73. The van der Waals surface area contributed by atoms with E-state index in [-0.39, 0.29) is 0 Å². The number of nitrogens with one attached hydrogen (secondary N) is 2. The molecule has 0 radical (unpaired) electrons. The number of anilines is 2. The molecule has 0 aliphatic rings. The zero-order chi connectivity index (χ0) is 19.9. The van der Waals surface area contributed by atoms with Gasteiger partial charge in [-0.15, -0.1) is 0 Å². The van der Waals surface area contributed by atoms with E-state index in [9.17, 15) is 0 Å². The highest BCUT2D eigenvalue weighted by atomic mass is 15.1. The Morgan fingerprint density at radius 3 is 2.14 bits per heavy atom. The highest BCUT2D eigenvalue weighted by Crippen LogP contribution is 2.21. The van der Waals surface area contributed by atoms with Crippen LogP contribution in [0.25, 0.3) is 11.4 Å². The van der Waals surface area contributed by atoms with Crippen molar-refractivity contribution >= 4 is 11.6 Å². The molecule has 0 saturated carbocycles. The second kappa shape index (κ2) is 8.97. The standard InChI is InChI=1S/C24H23N5/c1-18-9-5-6-12-20(18)16-26-22-15-23(27-17-21-13-7-8-14-25-21)29-24(28-22)19-10-3-2-4-11-19/h2-15H,16-17H2,1H3,(H2,26,27,28,29). The molecule has 0 unspecified atom stereocenters. The SMILES string of the molecule is Cc1ccccc1CNc1cc(NCc2ccccn2)nc(-c2ccccc2)n1. The average molecular weight is 381 g/mol. The third-order valence-corrected chi connectivity index (χ3v) is 4.66. The fourth-order valence-electron chi connectivity index (χ4n) is 3.02. The second-order valence-corrected chi connectivity index (χ2v) is 6.78. The summed E-state index contributed by atoms with van der Waals surface area (Å²) in [5.74, 6) is 2.23. The Morgan fingerprint density at radius 1 is 0.724 bits per heavy atom. The van der Waals surface area contributed by atoms with Crippen LogP contribution < -0.4 is 10.6 Å². The average Bonchev–Trinajstić information content (AvgIpc) is 2.78. The van der Waals surface area contributed by atoms with E-state index in [4.69, 9.17) is 9.97 Å². The Balaban J connectivity index is 1.58. The summed E-state index contributed by atoms with van der Waals surface area (Å²) in [5.41, 5.74) is 4.44. The number of rotatable bonds is 7. The van der Waals surface area contributed by atoms with Gasteiger partial charge >= 0.3 is 0 Å². The molecule has 4 aromatic rings. The molecule has 5 nitrogen and oxygen atoms in total. The lowest BCUT2D eigenvalue weighted by Gasteiger charge is -2.12. The van der Waals surface area contributed by atoms with Crippen molar-refractivity contribution in [1.29, 1.82) is 0 Å². The van der Waals surface area contributed by atoms with Crippen molar-refractivity contribution in [3.05, 3.63) is 102 Å². The van der Waals surface area contributed by atoms with E-state index in [1.165, 1.54) is 11.1 Å².